The molecule has 3 rings (SSSR count). The fourth-order valence-corrected chi connectivity index (χ4v) is 3.40. The van der Waals surface area contributed by atoms with Gasteiger partial charge in [-0.15, -0.1) is 5.06 Å². The van der Waals surface area contributed by atoms with Crippen molar-refractivity contribution < 1.29 is 38.1 Å². The van der Waals surface area contributed by atoms with Gasteiger partial charge in [0.2, 0.25) is 0 Å². The Morgan fingerprint density at radius 2 is 1.83 bits per heavy atom. The summed E-state index contributed by atoms with van der Waals surface area (Å²) < 4.78 is 15.0. The standard InChI is InChI=1S/C19H21N2O8P/c22-17-6-7-18(23)21(17)29-19(24)11-13-4-5-15-9-14(12-20-16(15)10-13)3-1-2-8-28-30(25,26)27/h4-5,9-10,12H,1-3,6-8,11H2,(H2,25,26,27). The van der Waals surface area contributed by atoms with E-state index < -0.39 is 25.6 Å². The Kier molecular flexibility index (Phi) is 6.94. The minimum absolute atomic E-state index is 0.0145. The number of pyridine rings is 1. The highest BCUT2D eigenvalue weighted by molar-refractivity contribution is 7.46. The molecule has 30 heavy (non-hydrogen) atoms. The van der Waals surface area contributed by atoms with E-state index in [1.807, 2.05) is 12.1 Å². The van der Waals surface area contributed by atoms with Crippen LogP contribution in [0.1, 0.15) is 36.8 Å². The van der Waals surface area contributed by atoms with Crippen molar-refractivity contribution in [1.29, 1.82) is 0 Å². The molecule has 160 valence electrons. The van der Waals surface area contributed by atoms with Gasteiger partial charge in [0.05, 0.1) is 18.5 Å². The SMILES string of the molecule is O=C(Cc1ccc2cc(CCCCOP(=O)(O)O)cnc2c1)ON1C(=O)CCC1=O. The highest BCUT2D eigenvalue weighted by Crippen LogP contribution is 2.35. The molecule has 11 heteroatoms. The number of benzene rings is 1. The van der Waals surface area contributed by atoms with Crippen LogP contribution >= 0.6 is 7.82 Å². The van der Waals surface area contributed by atoms with E-state index in [1.165, 1.54) is 0 Å². The molecule has 2 heterocycles. The Hall–Kier alpha value is -2.65. The molecule has 0 radical (unpaired) electrons. The third-order valence-corrected chi connectivity index (χ3v) is 4.99. The number of rotatable bonds is 9. The van der Waals surface area contributed by atoms with Crippen LogP contribution in [0.3, 0.4) is 0 Å². The van der Waals surface area contributed by atoms with Crippen molar-refractivity contribution in [2.24, 2.45) is 0 Å². The number of phosphoric acid groups is 1. The van der Waals surface area contributed by atoms with Crippen LogP contribution in [0.4, 0.5) is 0 Å². The van der Waals surface area contributed by atoms with E-state index in [1.54, 1.807) is 18.3 Å². The second-order valence-electron chi connectivity index (χ2n) is 6.87. The summed E-state index contributed by atoms with van der Waals surface area (Å²) in [5, 5.41) is 1.40. The second kappa shape index (κ2) is 9.44. The molecule has 2 aromatic rings. The lowest BCUT2D eigenvalue weighted by Gasteiger charge is -2.12. The number of carbonyl (C=O) groups is 3. The Bertz CT molecular complexity index is 1000. The third kappa shape index (κ3) is 6.17. The maximum atomic E-state index is 12.0. The van der Waals surface area contributed by atoms with Gasteiger partial charge in [-0.3, -0.25) is 19.1 Å². The van der Waals surface area contributed by atoms with Crippen LogP contribution in [-0.4, -0.2) is 44.2 Å². The van der Waals surface area contributed by atoms with Gasteiger partial charge in [0.15, 0.2) is 0 Å². The van der Waals surface area contributed by atoms with E-state index in [9.17, 15) is 18.9 Å². The van der Waals surface area contributed by atoms with E-state index in [0.29, 0.717) is 35.4 Å². The van der Waals surface area contributed by atoms with Crippen LogP contribution in [0.15, 0.2) is 30.5 Å². The smallest absolute Gasteiger partial charge is 0.330 e. The van der Waals surface area contributed by atoms with E-state index >= 15 is 0 Å². The van der Waals surface area contributed by atoms with Gasteiger partial charge in [-0.2, -0.15) is 0 Å². The molecule has 0 saturated carbocycles. The monoisotopic (exact) mass is 436 g/mol. The molecule has 1 aromatic heterocycles. The van der Waals surface area contributed by atoms with Gasteiger partial charge in [-0.25, -0.2) is 9.36 Å². The molecule has 1 aromatic carbocycles. The molecule has 10 nitrogen and oxygen atoms in total. The number of unbranched alkanes of at least 4 members (excludes halogenated alkanes) is 1. The third-order valence-electron chi connectivity index (χ3n) is 4.47. The largest absolute Gasteiger partial charge is 0.469 e. The summed E-state index contributed by atoms with van der Waals surface area (Å²) in [5.74, 6) is -1.74. The van der Waals surface area contributed by atoms with Crippen LogP contribution in [0, 0.1) is 0 Å². The molecule has 0 atom stereocenters. The highest BCUT2D eigenvalue weighted by atomic mass is 31.2. The van der Waals surface area contributed by atoms with Gasteiger partial charge in [0.1, 0.15) is 0 Å². The first-order valence-corrected chi connectivity index (χ1v) is 10.9. The number of hydrogen-bond donors (Lipinski definition) is 2. The molecule has 2 amide bonds. The molecular weight excluding hydrogens is 415 g/mol. The first-order chi connectivity index (χ1) is 14.2. The average molecular weight is 436 g/mol. The lowest BCUT2D eigenvalue weighted by molar-refractivity contribution is -0.197. The van der Waals surface area contributed by atoms with Crippen LogP contribution in [-0.2, 0) is 41.2 Å². The molecule has 1 saturated heterocycles. The van der Waals surface area contributed by atoms with Crippen LogP contribution in [0.5, 0.6) is 0 Å². The quantitative estimate of drug-likeness (QED) is 0.342. The highest BCUT2D eigenvalue weighted by Gasteiger charge is 2.32. The van der Waals surface area contributed by atoms with E-state index in [2.05, 4.69) is 9.51 Å². The van der Waals surface area contributed by atoms with E-state index in [-0.39, 0.29) is 25.9 Å². The number of hydroxylamine groups is 2. The molecular formula is C19H21N2O8P. The predicted molar refractivity (Wildman–Crippen MR) is 104 cm³/mol. The molecule has 0 bridgehead atoms. The van der Waals surface area contributed by atoms with E-state index in [4.69, 9.17) is 14.6 Å². The average Bonchev–Trinajstić information content (AvgIpc) is 2.99. The Morgan fingerprint density at radius 3 is 2.53 bits per heavy atom. The second-order valence-corrected chi connectivity index (χ2v) is 8.11. The van der Waals surface area contributed by atoms with Crippen LogP contribution in [0.2, 0.25) is 0 Å². The Morgan fingerprint density at radius 1 is 1.10 bits per heavy atom. The fourth-order valence-electron chi connectivity index (χ4n) is 3.03. The van der Waals surface area contributed by atoms with Gasteiger partial charge in [0, 0.05) is 24.4 Å². The first-order valence-electron chi connectivity index (χ1n) is 9.35. The van der Waals surface area contributed by atoms with Crippen molar-refractivity contribution in [3.05, 3.63) is 41.6 Å². The first kappa shape index (κ1) is 22.0. The van der Waals surface area contributed by atoms with Crippen molar-refractivity contribution in [2.45, 2.75) is 38.5 Å². The van der Waals surface area contributed by atoms with Gasteiger partial charge in [-0.1, -0.05) is 12.1 Å². The summed E-state index contributed by atoms with van der Waals surface area (Å²) >= 11 is 0. The van der Waals surface area contributed by atoms with E-state index in [0.717, 1.165) is 10.9 Å². The van der Waals surface area contributed by atoms with Gasteiger partial charge in [-0.05, 0) is 42.5 Å². The molecule has 1 fully saturated rings. The summed E-state index contributed by atoms with van der Waals surface area (Å²) in [4.78, 5) is 61.6. The summed E-state index contributed by atoms with van der Waals surface area (Å²) in [5.41, 5.74) is 2.29. The van der Waals surface area contributed by atoms with Crippen molar-refractivity contribution in [3.63, 3.8) is 0 Å². The molecule has 0 aliphatic carbocycles. The zero-order valence-corrected chi connectivity index (χ0v) is 16.9. The number of amides is 2. The normalized spacial score (nSPS) is 14.5. The lowest BCUT2D eigenvalue weighted by atomic mass is 10.1. The van der Waals surface area contributed by atoms with Crippen molar-refractivity contribution in [2.75, 3.05) is 6.61 Å². The predicted octanol–water partition coefficient (Wildman–Crippen LogP) is 1.82. The number of hydrogen-bond acceptors (Lipinski definition) is 7. The number of phosphoric ester groups is 1. The van der Waals surface area contributed by atoms with Crippen LogP contribution in [0.25, 0.3) is 10.9 Å². The molecule has 0 spiro atoms. The van der Waals surface area contributed by atoms with Gasteiger partial charge >= 0.3 is 13.8 Å². The molecule has 1 aliphatic rings. The zero-order chi connectivity index (χ0) is 21.7. The Labute approximate surface area is 172 Å². The minimum atomic E-state index is -4.42. The van der Waals surface area contributed by atoms with Gasteiger partial charge < -0.3 is 14.6 Å². The van der Waals surface area contributed by atoms with Crippen molar-refractivity contribution >= 4 is 36.5 Å². The van der Waals surface area contributed by atoms with Crippen molar-refractivity contribution in [1.82, 2.24) is 10.0 Å². The number of aromatic nitrogens is 1. The summed E-state index contributed by atoms with van der Waals surface area (Å²) in [7, 11) is -4.42. The number of aryl methyl sites for hydroxylation is 1. The number of fused-ring (bicyclic) bond motifs is 1. The minimum Gasteiger partial charge on any atom is -0.330 e. The summed E-state index contributed by atoms with van der Waals surface area (Å²) in [6, 6.07) is 7.26. The Balaban J connectivity index is 1.54. The maximum Gasteiger partial charge on any atom is 0.469 e. The topological polar surface area (TPSA) is 143 Å². The summed E-state index contributed by atoms with van der Waals surface area (Å²) in [6.07, 6.45) is 3.57. The van der Waals surface area contributed by atoms with Crippen LogP contribution < -0.4 is 0 Å². The number of nitrogens with zero attached hydrogens (tertiary/aromatic N) is 2. The van der Waals surface area contributed by atoms with Gasteiger partial charge in [0.25, 0.3) is 11.8 Å². The number of imide groups is 1. The zero-order valence-electron chi connectivity index (χ0n) is 16.0. The maximum absolute atomic E-state index is 12.0. The molecule has 0 unspecified atom stereocenters. The number of carbonyl (C=O) groups excluding carboxylic acids is 3. The fraction of sp³-hybridized carbons (Fsp3) is 0.368. The van der Waals surface area contributed by atoms with Crippen molar-refractivity contribution in [3.8, 4) is 0 Å². The summed E-state index contributed by atoms with van der Waals surface area (Å²) in [6.45, 7) is -0.0145. The molecule has 2 N–H and O–H groups in total. The molecule has 1 aliphatic heterocycles. The lowest BCUT2D eigenvalue weighted by Crippen LogP contribution is -2.32.